The maximum absolute atomic E-state index is 12.9. The van der Waals surface area contributed by atoms with Crippen molar-refractivity contribution in [1.29, 1.82) is 0 Å². The molecule has 3 aromatic carbocycles. The summed E-state index contributed by atoms with van der Waals surface area (Å²) in [5.41, 5.74) is 3.33. The van der Waals surface area contributed by atoms with Crippen molar-refractivity contribution in [1.82, 2.24) is 14.3 Å². The number of aromatic nitrogens is 2. The van der Waals surface area contributed by atoms with E-state index in [1.54, 1.807) is 26.0 Å². The van der Waals surface area contributed by atoms with Crippen LogP contribution in [0, 0.1) is 0 Å². The van der Waals surface area contributed by atoms with Gasteiger partial charge < -0.3 is 10.3 Å². The van der Waals surface area contributed by atoms with Crippen LogP contribution in [0.3, 0.4) is 0 Å². The number of halogens is 1. The van der Waals surface area contributed by atoms with Crippen molar-refractivity contribution in [3.8, 4) is 11.4 Å². The van der Waals surface area contributed by atoms with Gasteiger partial charge in [-0.25, -0.2) is 13.4 Å². The summed E-state index contributed by atoms with van der Waals surface area (Å²) in [5.74, 6) is 0.246. The molecule has 0 spiro atoms. The first kappa shape index (κ1) is 23.0. The molecule has 0 aliphatic carbocycles. The maximum Gasteiger partial charge on any atom is 0.255 e. The highest BCUT2D eigenvalue weighted by molar-refractivity contribution is 7.89. The Kier molecular flexibility index (Phi) is 6.51. The standard InChI is InChI=1S/C24H23ClN4O3S/c1-3-29(4-2)33(31,32)22-15-17(12-13-19(22)25)24(30)26-18-9-7-8-16(14-18)23-27-20-10-5-6-11-21(20)28-23/h5-15H,3-4H2,1-2H3,(H,26,30)(H,27,28). The molecular formula is C24H23ClN4O3S. The number of hydrogen-bond donors (Lipinski definition) is 2. The van der Waals surface area contributed by atoms with Gasteiger partial charge >= 0.3 is 0 Å². The fourth-order valence-electron chi connectivity index (χ4n) is 3.58. The Hall–Kier alpha value is -3.20. The Morgan fingerprint density at radius 1 is 1.03 bits per heavy atom. The molecule has 1 amide bonds. The highest BCUT2D eigenvalue weighted by atomic mass is 35.5. The number of H-pyrrole nitrogens is 1. The topological polar surface area (TPSA) is 95.2 Å². The summed E-state index contributed by atoms with van der Waals surface area (Å²) < 4.78 is 27.1. The summed E-state index contributed by atoms with van der Waals surface area (Å²) in [4.78, 5) is 20.7. The van der Waals surface area contributed by atoms with Gasteiger partial charge in [-0.3, -0.25) is 4.79 Å². The average molecular weight is 483 g/mol. The third-order valence-electron chi connectivity index (χ3n) is 5.30. The summed E-state index contributed by atoms with van der Waals surface area (Å²) in [6, 6.07) is 19.2. The number of fused-ring (bicyclic) bond motifs is 1. The van der Waals surface area contributed by atoms with Gasteiger partial charge in [0.25, 0.3) is 5.91 Å². The largest absolute Gasteiger partial charge is 0.338 e. The predicted octanol–water partition coefficient (Wildman–Crippen LogP) is 5.17. The maximum atomic E-state index is 12.9. The van der Waals surface area contributed by atoms with Gasteiger partial charge in [-0.15, -0.1) is 0 Å². The van der Waals surface area contributed by atoms with Crippen molar-refractivity contribution >= 4 is 44.3 Å². The zero-order chi connectivity index (χ0) is 23.6. The van der Waals surface area contributed by atoms with Crippen LogP contribution >= 0.6 is 11.6 Å². The Morgan fingerprint density at radius 3 is 2.52 bits per heavy atom. The lowest BCUT2D eigenvalue weighted by Crippen LogP contribution is -2.31. The molecule has 0 unspecified atom stereocenters. The monoisotopic (exact) mass is 482 g/mol. The first-order chi connectivity index (χ1) is 15.8. The Balaban J connectivity index is 1.61. The number of nitrogens with zero attached hydrogens (tertiary/aromatic N) is 2. The molecule has 0 atom stereocenters. The zero-order valence-electron chi connectivity index (χ0n) is 18.2. The second-order valence-electron chi connectivity index (χ2n) is 7.37. The van der Waals surface area contributed by atoms with Gasteiger partial charge in [-0.2, -0.15) is 4.31 Å². The van der Waals surface area contributed by atoms with E-state index in [0.29, 0.717) is 24.6 Å². The number of amides is 1. The molecule has 33 heavy (non-hydrogen) atoms. The SMILES string of the molecule is CCN(CC)S(=O)(=O)c1cc(C(=O)Nc2cccc(-c3nc4ccccc4[nH]3)c2)ccc1Cl. The van der Waals surface area contributed by atoms with Gasteiger partial charge in [0.15, 0.2) is 0 Å². The van der Waals surface area contributed by atoms with Gasteiger partial charge in [0, 0.05) is 29.9 Å². The molecule has 170 valence electrons. The number of hydrogen-bond acceptors (Lipinski definition) is 4. The molecule has 1 heterocycles. The van der Waals surface area contributed by atoms with Crippen LogP contribution in [0.25, 0.3) is 22.4 Å². The van der Waals surface area contributed by atoms with E-state index in [1.165, 1.54) is 22.5 Å². The molecule has 0 aliphatic heterocycles. The van der Waals surface area contributed by atoms with Crippen molar-refractivity contribution in [3.63, 3.8) is 0 Å². The number of nitrogens with one attached hydrogen (secondary N) is 2. The Labute approximate surface area is 197 Å². The Bertz CT molecular complexity index is 1400. The molecule has 0 radical (unpaired) electrons. The van der Waals surface area contributed by atoms with E-state index in [-0.39, 0.29) is 15.5 Å². The summed E-state index contributed by atoms with van der Waals surface area (Å²) in [5, 5.41) is 2.90. The van der Waals surface area contributed by atoms with Crippen LogP contribution in [0.15, 0.2) is 71.6 Å². The van der Waals surface area contributed by atoms with Gasteiger partial charge in [0.05, 0.1) is 16.1 Å². The minimum atomic E-state index is -3.81. The van der Waals surface area contributed by atoms with Crippen molar-refractivity contribution < 1.29 is 13.2 Å². The van der Waals surface area contributed by atoms with E-state index >= 15 is 0 Å². The molecular weight excluding hydrogens is 460 g/mol. The first-order valence-electron chi connectivity index (χ1n) is 10.5. The summed E-state index contributed by atoms with van der Waals surface area (Å²) in [6.45, 7) is 4.11. The number of imidazole rings is 1. The van der Waals surface area contributed by atoms with Crippen molar-refractivity contribution in [3.05, 3.63) is 77.3 Å². The smallest absolute Gasteiger partial charge is 0.255 e. The number of para-hydroxylation sites is 2. The average Bonchev–Trinajstić information content (AvgIpc) is 3.24. The van der Waals surface area contributed by atoms with Crippen LogP contribution in [-0.2, 0) is 10.0 Å². The molecule has 2 N–H and O–H groups in total. The zero-order valence-corrected chi connectivity index (χ0v) is 19.7. The minimum absolute atomic E-state index is 0.0744. The van der Waals surface area contributed by atoms with Gasteiger partial charge in [-0.1, -0.05) is 49.7 Å². The van der Waals surface area contributed by atoms with Crippen molar-refractivity contribution in [2.75, 3.05) is 18.4 Å². The number of carbonyl (C=O) groups excluding carboxylic acids is 1. The van der Waals surface area contributed by atoms with Gasteiger partial charge in [0.2, 0.25) is 10.0 Å². The van der Waals surface area contributed by atoms with E-state index in [9.17, 15) is 13.2 Å². The number of carbonyl (C=O) groups is 1. The van der Waals surface area contributed by atoms with Crippen LogP contribution in [0.2, 0.25) is 5.02 Å². The lowest BCUT2D eigenvalue weighted by atomic mass is 10.1. The molecule has 7 nitrogen and oxygen atoms in total. The van der Waals surface area contributed by atoms with Crippen LogP contribution in [-0.4, -0.2) is 41.7 Å². The number of rotatable bonds is 7. The predicted molar refractivity (Wildman–Crippen MR) is 131 cm³/mol. The van der Waals surface area contributed by atoms with Crippen LogP contribution in [0.1, 0.15) is 24.2 Å². The van der Waals surface area contributed by atoms with Crippen molar-refractivity contribution in [2.24, 2.45) is 0 Å². The lowest BCUT2D eigenvalue weighted by molar-refractivity contribution is 0.102. The highest BCUT2D eigenvalue weighted by Gasteiger charge is 2.25. The van der Waals surface area contributed by atoms with Crippen LogP contribution in [0.4, 0.5) is 5.69 Å². The van der Waals surface area contributed by atoms with Crippen molar-refractivity contribution in [2.45, 2.75) is 18.7 Å². The minimum Gasteiger partial charge on any atom is -0.338 e. The van der Waals surface area contributed by atoms with E-state index in [0.717, 1.165) is 16.6 Å². The number of benzene rings is 3. The third-order valence-corrected chi connectivity index (χ3v) is 7.83. The molecule has 4 aromatic rings. The molecule has 0 saturated carbocycles. The Morgan fingerprint density at radius 2 is 1.79 bits per heavy atom. The molecule has 1 aromatic heterocycles. The van der Waals surface area contributed by atoms with E-state index in [4.69, 9.17) is 11.6 Å². The molecule has 0 saturated heterocycles. The summed E-state index contributed by atoms with van der Waals surface area (Å²) >= 11 is 6.18. The second kappa shape index (κ2) is 9.35. The second-order valence-corrected chi connectivity index (χ2v) is 9.69. The van der Waals surface area contributed by atoms with Gasteiger partial charge in [-0.05, 0) is 42.5 Å². The molecule has 0 bridgehead atoms. The highest BCUT2D eigenvalue weighted by Crippen LogP contribution is 2.27. The van der Waals surface area contributed by atoms with Crippen LogP contribution < -0.4 is 5.32 Å². The quantitative estimate of drug-likeness (QED) is 0.380. The normalized spacial score (nSPS) is 11.8. The summed E-state index contributed by atoms with van der Waals surface area (Å²) in [7, 11) is -3.81. The van der Waals surface area contributed by atoms with Gasteiger partial charge in [0.1, 0.15) is 10.7 Å². The fraction of sp³-hybridized carbons (Fsp3) is 0.167. The number of aromatic amines is 1. The summed E-state index contributed by atoms with van der Waals surface area (Å²) in [6.07, 6.45) is 0. The van der Waals surface area contributed by atoms with E-state index in [2.05, 4.69) is 15.3 Å². The van der Waals surface area contributed by atoms with Crippen LogP contribution in [0.5, 0.6) is 0 Å². The molecule has 0 aliphatic rings. The molecule has 4 rings (SSSR count). The first-order valence-corrected chi connectivity index (χ1v) is 12.3. The number of sulfonamides is 1. The number of anilines is 1. The molecule has 9 heteroatoms. The van der Waals surface area contributed by atoms with E-state index < -0.39 is 15.9 Å². The third kappa shape index (κ3) is 4.64. The van der Waals surface area contributed by atoms with E-state index in [1.807, 2.05) is 36.4 Å². The molecule has 0 fully saturated rings. The fourth-order valence-corrected chi connectivity index (χ4v) is 5.54. The lowest BCUT2D eigenvalue weighted by Gasteiger charge is -2.19.